The molecule has 0 bridgehead atoms. The van der Waals surface area contributed by atoms with Crippen LogP contribution in [0.2, 0.25) is 0 Å². The molecule has 0 aliphatic rings. The molecule has 0 N–H and O–H groups in total. The van der Waals surface area contributed by atoms with E-state index < -0.39 is 21.7 Å². The summed E-state index contributed by atoms with van der Waals surface area (Å²) in [7, 11) is -3.44. The summed E-state index contributed by atoms with van der Waals surface area (Å²) in [5, 5.41) is 0. The number of sulfone groups is 1. The maximum absolute atomic E-state index is 13.2. The second-order valence-corrected chi connectivity index (χ2v) is 10.5. The van der Waals surface area contributed by atoms with Crippen molar-refractivity contribution in [3.63, 3.8) is 0 Å². The molecule has 0 unspecified atom stereocenters. The van der Waals surface area contributed by atoms with Crippen LogP contribution in [0.4, 0.5) is 0 Å². The highest BCUT2D eigenvalue weighted by atomic mass is 32.2. The van der Waals surface area contributed by atoms with E-state index in [1.807, 2.05) is 18.2 Å². The molecule has 0 radical (unpaired) electrons. The molecule has 4 rings (SSSR count). The fraction of sp³-hybridized carbons (Fsp3) is 0.160. The molecule has 180 valence electrons. The molecular weight excluding hydrogens is 488 g/mol. The maximum atomic E-state index is 13.2. The third-order valence-corrected chi connectivity index (χ3v) is 7.11. The predicted molar refractivity (Wildman–Crippen MR) is 132 cm³/mol. The van der Waals surface area contributed by atoms with Crippen LogP contribution in [0.15, 0.2) is 82.7 Å². The van der Waals surface area contributed by atoms with E-state index in [0.717, 1.165) is 17.6 Å². The molecule has 0 saturated carbocycles. The van der Waals surface area contributed by atoms with E-state index in [9.17, 15) is 18.0 Å². The van der Waals surface area contributed by atoms with Gasteiger partial charge in [0, 0.05) is 6.26 Å². The van der Waals surface area contributed by atoms with Crippen molar-refractivity contribution in [2.45, 2.75) is 18.4 Å². The van der Waals surface area contributed by atoms with Gasteiger partial charge >= 0.3 is 5.97 Å². The Kier molecular flexibility index (Phi) is 7.13. The monoisotopic (exact) mass is 510 g/mol. The zero-order valence-corrected chi connectivity index (χ0v) is 20.6. The van der Waals surface area contributed by atoms with Crippen LogP contribution in [0.25, 0.3) is 10.2 Å². The Morgan fingerprint density at radius 3 is 2.43 bits per heavy atom. The van der Waals surface area contributed by atoms with Crippen LogP contribution in [0, 0.1) is 0 Å². The number of carbonyl (C=O) groups excluding carboxylic acids is 2. The average molecular weight is 511 g/mol. The van der Waals surface area contributed by atoms with E-state index in [-0.39, 0.29) is 28.4 Å². The lowest BCUT2D eigenvalue weighted by molar-refractivity contribution is -0.143. The molecule has 0 spiro atoms. The number of nitrogens with zero attached hydrogens (tertiary/aromatic N) is 2. The first-order valence-corrected chi connectivity index (χ1v) is 13.4. The summed E-state index contributed by atoms with van der Waals surface area (Å²) in [4.78, 5) is 30.1. The molecule has 8 nitrogen and oxygen atoms in total. The van der Waals surface area contributed by atoms with Crippen molar-refractivity contribution >= 4 is 43.3 Å². The van der Waals surface area contributed by atoms with Crippen molar-refractivity contribution in [1.82, 2.24) is 4.57 Å². The lowest BCUT2D eigenvalue weighted by atomic mass is 10.2. The van der Waals surface area contributed by atoms with Crippen LogP contribution in [-0.4, -0.2) is 37.7 Å². The average Bonchev–Trinajstić information content (AvgIpc) is 3.15. The first kappa shape index (κ1) is 24.4. The predicted octanol–water partition coefficient (Wildman–Crippen LogP) is 4.20. The van der Waals surface area contributed by atoms with Gasteiger partial charge in [-0.15, -0.1) is 0 Å². The number of ether oxygens (including phenoxy) is 2. The number of benzene rings is 3. The minimum atomic E-state index is -3.44. The summed E-state index contributed by atoms with van der Waals surface area (Å²) in [6, 6.07) is 20.4. The van der Waals surface area contributed by atoms with Crippen molar-refractivity contribution in [2.24, 2.45) is 4.99 Å². The van der Waals surface area contributed by atoms with Gasteiger partial charge in [0.25, 0.3) is 5.91 Å². The molecule has 0 fully saturated rings. The Bertz CT molecular complexity index is 1570. The second-order valence-electron chi connectivity index (χ2n) is 7.51. The fourth-order valence-corrected chi connectivity index (χ4v) is 5.14. The first-order chi connectivity index (χ1) is 16.8. The topological polar surface area (TPSA) is 104 Å². The maximum Gasteiger partial charge on any atom is 0.326 e. The van der Waals surface area contributed by atoms with Crippen LogP contribution in [0.1, 0.15) is 17.3 Å². The summed E-state index contributed by atoms with van der Waals surface area (Å²) < 4.78 is 37.1. The molecule has 0 aliphatic heterocycles. The number of carbonyl (C=O) groups is 2. The van der Waals surface area contributed by atoms with Crippen molar-refractivity contribution in [3.05, 3.63) is 83.2 Å². The van der Waals surface area contributed by atoms with Gasteiger partial charge in [0.05, 0.1) is 27.3 Å². The zero-order chi connectivity index (χ0) is 25.0. The standard InChI is InChI=1S/C25H22N2O6S2/c1-3-32-23(28)16-27-20-14-13-18(35(2,30)31)15-22(20)34-25(27)26-24(29)19-11-7-8-12-21(19)33-17-9-5-4-6-10-17/h4-15H,3,16H2,1-2H3. The highest BCUT2D eigenvalue weighted by Gasteiger charge is 2.17. The molecule has 1 aromatic heterocycles. The van der Waals surface area contributed by atoms with Gasteiger partial charge in [0.1, 0.15) is 18.0 Å². The molecule has 0 aliphatic carbocycles. The molecule has 0 atom stereocenters. The number of thiazole rings is 1. The van der Waals surface area contributed by atoms with Crippen molar-refractivity contribution in [3.8, 4) is 11.5 Å². The number of esters is 1. The Balaban J connectivity index is 1.81. The molecule has 10 heteroatoms. The van der Waals surface area contributed by atoms with Gasteiger partial charge in [0.2, 0.25) is 0 Å². The SMILES string of the molecule is CCOC(=O)Cn1c(=NC(=O)c2ccccc2Oc2ccccc2)sc2cc(S(C)(=O)=O)ccc21. The van der Waals surface area contributed by atoms with Crippen LogP contribution in [0.3, 0.4) is 0 Å². The third-order valence-electron chi connectivity index (χ3n) is 4.96. The largest absolute Gasteiger partial charge is 0.465 e. The van der Waals surface area contributed by atoms with E-state index >= 15 is 0 Å². The Labute approximate surface area is 206 Å². The Morgan fingerprint density at radius 2 is 1.71 bits per heavy atom. The molecule has 35 heavy (non-hydrogen) atoms. The summed E-state index contributed by atoms with van der Waals surface area (Å²) in [5.74, 6) is -0.157. The lowest BCUT2D eigenvalue weighted by Gasteiger charge is -2.09. The minimum absolute atomic E-state index is 0.133. The Hall–Kier alpha value is -3.76. The molecule has 1 heterocycles. The minimum Gasteiger partial charge on any atom is -0.465 e. The molecule has 3 aromatic carbocycles. The normalized spacial score (nSPS) is 12.0. The number of amides is 1. The van der Waals surface area contributed by atoms with Gasteiger partial charge in [0.15, 0.2) is 14.6 Å². The summed E-state index contributed by atoms with van der Waals surface area (Å²) in [6.45, 7) is 1.72. The molecule has 1 amide bonds. The van der Waals surface area contributed by atoms with Gasteiger partial charge in [-0.1, -0.05) is 41.7 Å². The van der Waals surface area contributed by atoms with Crippen molar-refractivity contribution < 1.29 is 27.5 Å². The smallest absolute Gasteiger partial charge is 0.326 e. The fourth-order valence-electron chi connectivity index (χ4n) is 3.35. The number of fused-ring (bicyclic) bond motifs is 1. The van der Waals surface area contributed by atoms with Gasteiger partial charge in [-0.05, 0) is 49.4 Å². The number of hydrogen-bond donors (Lipinski definition) is 0. The van der Waals surface area contributed by atoms with Crippen molar-refractivity contribution in [2.75, 3.05) is 12.9 Å². The van der Waals surface area contributed by atoms with Crippen molar-refractivity contribution in [1.29, 1.82) is 0 Å². The Morgan fingerprint density at radius 1 is 1.00 bits per heavy atom. The number of aromatic nitrogens is 1. The van der Waals surface area contributed by atoms with Crippen LogP contribution < -0.4 is 9.54 Å². The molecule has 4 aromatic rings. The molecular formula is C25H22N2O6S2. The van der Waals surface area contributed by atoms with E-state index in [1.54, 1.807) is 54.0 Å². The van der Waals surface area contributed by atoms with Crippen LogP contribution >= 0.6 is 11.3 Å². The van der Waals surface area contributed by atoms with Crippen LogP contribution in [-0.2, 0) is 25.9 Å². The van der Waals surface area contributed by atoms with E-state index in [4.69, 9.17) is 9.47 Å². The highest BCUT2D eigenvalue weighted by Crippen LogP contribution is 2.26. The summed E-state index contributed by atoms with van der Waals surface area (Å²) in [6.07, 6.45) is 1.12. The highest BCUT2D eigenvalue weighted by molar-refractivity contribution is 7.90. The van der Waals surface area contributed by atoms with Gasteiger partial charge in [-0.3, -0.25) is 9.59 Å². The van der Waals surface area contributed by atoms with Gasteiger partial charge in [-0.2, -0.15) is 4.99 Å². The first-order valence-electron chi connectivity index (χ1n) is 10.7. The summed E-state index contributed by atoms with van der Waals surface area (Å²) in [5.41, 5.74) is 0.809. The van der Waals surface area contributed by atoms with E-state index in [0.29, 0.717) is 21.7 Å². The van der Waals surface area contributed by atoms with E-state index in [1.165, 1.54) is 12.1 Å². The second kappa shape index (κ2) is 10.2. The van der Waals surface area contributed by atoms with Gasteiger partial charge in [-0.25, -0.2) is 8.42 Å². The number of rotatable bonds is 7. The van der Waals surface area contributed by atoms with E-state index in [2.05, 4.69) is 4.99 Å². The van der Waals surface area contributed by atoms with Gasteiger partial charge < -0.3 is 14.0 Å². The third kappa shape index (κ3) is 5.67. The number of para-hydroxylation sites is 2. The quantitative estimate of drug-likeness (QED) is 0.345. The lowest BCUT2D eigenvalue weighted by Crippen LogP contribution is -2.23. The summed E-state index contributed by atoms with van der Waals surface area (Å²) >= 11 is 1.11. The molecule has 0 saturated heterocycles. The number of hydrogen-bond acceptors (Lipinski definition) is 7. The van der Waals surface area contributed by atoms with Crippen LogP contribution in [0.5, 0.6) is 11.5 Å². The zero-order valence-electron chi connectivity index (χ0n) is 19.0.